The lowest BCUT2D eigenvalue weighted by Crippen LogP contribution is -2.39. The summed E-state index contributed by atoms with van der Waals surface area (Å²) in [4.78, 5) is 36.3. The second kappa shape index (κ2) is 7.04. The van der Waals surface area contributed by atoms with Crippen LogP contribution in [0.15, 0.2) is 15.7 Å². The lowest BCUT2D eigenvalue weighted by molar-refractivity contribution is -0.140. The lowest BCUT2D eigenvalue weighted by Gasteiger charge is -2.18. The molecule has 0 fully saturated rings. The van der Waals surface area contributed by atoms with E-state index >= 15 is 0 Å². The highest BCUT2D eigenvalue weighted by atomic mass is 16.5. The van der Waals surface area contributed by atoms with Gasteiger partial charge in [-0.3, -0.25) is 18.7 Å². The predicted molar refractivity (Wildman–Crippen MR) is 74.5 cm³/mol. The van der Waals surface area contributed by atoms with Gasteiger partial charge in [-0.15, -0.1) is 0 Å². The van der Waals surface area contributed by atoms with Crippen LogP contribution in [0.1, 0.15) is 18.5 Å². The number of hydrogen-bond acceptors (Lipinski definition) is 5. The van der Waals surface area contributed by atoms with Crippen LogP contribution in [0.25, 0.3) is 0 Å². The number of hydrogen-bond donors (Lipinski definition) is 0. The molecule has 1 heterocycles. The van der Waals surface area contributed by atoms with Gasteiger partial charge in [-0.05, 0) is 20.0 Å². The van der Waals surface area contributed by atoms with Gasteiger partial charge in [0.05, 0.1) is 7.11 Å². The normalized spacial score (nSPS) is 10.8. The first kappa shape index (κ1) is 16.2. The van der Waals surface area contributed by atoms with E-state index in [0.29, 0.717) is 31.6 Å². The molecule has 1 aromatic heterocycles. The van der Waals surface area contributed by atoms with Crippen LogP contribution in [0.3, 0.4) is 0 Å². The molecule has 7 nitrogen and oxygen atoms in total. The maximum absolute atomic E-state index is 11.8. The Labute approximate surface area is 117 Å². The molecule has 7 heteroatoms. The summed E-state index contributed by atoms with van der Waals surface area (Å²) in [5.74, 6) is -0.237. The highest BCUT2D eigenvalue weighted by Gasteiger charge is 2.09. The van der Waals surface area contributed by atoms with Crippen molar-refractivity contribution in [3.63, 3.8) is 0 Å². The van der Waals surface area contributed by atoms with Gasteiger partial charge < -0.3 is 9.64 Å². The minimum absolute atomic E-state index is 0.237. The second-order valence-electron chi connectivity index (χ2n) is 4.79. The maximum Gasteiger partial charge on any atom is 0.330 e. The molecule has 0 saturated carbocycles. The standard InChI is InChI=1S/C13H21N3O4/c1-14(7-5-6-12(18)20-4)9-10-8-11(17)16(3)13(19)15(10)2/h8H,5-7,9H2,1-4H3. The molecule has 1 aromatic rings. The highest BCUT2D eigenvalue weighted by Crippen LogP contribution is 2.00. The molecular formula is C13H21N3O4. The molecule has 0 aromatic carbocycles. The predicted octanol–water partition coefficient (Wildman–Crippen LogP) is -0.531. The van der Waals surface area contributed by atoms with Crippen molar-refractivity contribution < 1.29 is 9.53 Å². The minimum Gasteiger partial charge on any atom is -0.469 e. The van der Waals surface area contributed by atoms with E-state index in [9.17, 15) is 14.4 Å². The zero-order chi connectivity index (χ0) is 15.3. The molecule has 112 valence electrons. The molecule has 0 amide bonds. The van der Waals surface area contributed by atoms with Crippen LogP contribution in [0, 0.1) is 0 Å². The van der Waals surface area contributed by atoms with Gasteiger partial charge in [0, 0.05) is 38.8 Å². The first-order chi connectivity index (χ1) is 9.36. The maximum atomic E-state index is 11.8. The van der Waals surface area contributed by atoms with Crippen molar-refractivity contribution in [2.24, 2.45) is 14.1 Å². The summed E-state index contributed by atoms with van der Waals surface area (Å²) in [6, 6.07) is 1.46. The molecule has 0 aliphatic carbocycles. The van der Waals surface area contributed by atoms with Crippen molar-refractivity contribution in [3.05, 3.63) is 32.6 Å². The van der Waals surface area contributed by atoms with E-state index < -0.39 is 0 Å². The van der Waals surface area contributed by atoms with Crippen molar-refractivity contribution in [1.29, 1.82) is 0 Å². The van der Waals surface area contributed by atoms with Crippen molar-refractivity contribution >= 4 is 5.97 Å². The molecule has 20 heavy (non-hydrogen) atoms. The molecule has 0 N–H and O–H groups in total. The van der Waals surface area contributed by atoms with Crippen LogP contribution in [0.2, 0.25) is 0 Å². The number of nitrogens with zero attached hydrogens (tertiary/aromatic N) is 3. The Morgan fingerprint density at radius 1 is 1.30 bits per heavy atom. The summed E-state index contributed by atoms with van der Waals surface area (Å²) < 4.78 is 7.09. The van der Waals surface area contributed by atoms with Crippen molar-refractivity contribution in [2.45, 2.75) is 19.4 Å². The van der Waals surface area contributed by atoms with Gasteiger partial charge in [0.25, 0.3) is 5.56 Å². The summed E-state index contributed by atoms with van der Waals surface area (Å²) >= 11 is 0. The number of carbonyl (C=O) groups excluding carboxylic acids is 1. The van der Waals surface area contributed by atoms with Gasteiger partial charge in [-0.1, -0.05) is 0 Å². The SMILES string of the molecule is COC(=O)CCCN(C)Cc1cc(=O)n(C)c(=O)n1C. The summed E-state index contributed by atoms with van der Waals surface area (Å²) in [5.41, 5.74) is 0.000176. The molecule has 0 saturated heterocycles. The van der Waals surface area contributed by atoms with Crippen LogP contribution >= 0.6 is 0 Å². The Kier molecular flexibility index (Phi) is 5.69. The lowest BCUT2D eigenvalue weighted by atomic mass is 10.3. The molecule has 0 atom stereocenters. The topological polar surface area (TPSA) is 73.5 Å². The average Bonchev–Trinajstić information content (AvgIpc) is 2.42. The molecule has 0 unspecified atom stereocenters. The molecule has 0 spiro atoms. The molecule has 0 aliphatic rings. The van der Waals surface area contributed by atoms with Gasteiger partial charge in [-0.2, -0.15) is 0 Å². The van der Waals surface area contributed by atoms with Gasteiger partial charge in [0.1, 0.15) is 0 Å². The highest BCUT2D eigenvalue weighted by molar-refractivity contribution is 5.69. The summed E-state index contributed by atoms with van der Waals surface area (Å²) in [6.45, 7) is 1.15. The Hall–Kier alpha value is -1.89. The zero-order valence-corrected chi connectivity index (χ0v) is 12.4. The van der Waals surface area contributed by atoms with Crippen molar-refractivity contribution in [3.8, 4) is 0 Å². The Balaban J connectivity index is 2.67. The minimum atomic E-state index is -0.338. The van der Waals surface area contributed by atoms with E-state index in [1.165, 1.54) is 24.8 Å². The Bertz CT molecular complexity index is 588. The fraction of sp³-hybridized carbons (Fsp3) is 0.615. The van der Waals surface area contributed by atoms with E-state index in [2.05, 4.69) is 4.74 Å². The number of esters is 1. The quantitative estimate of drug-likeness (QED) is 0.656. The van der Waals surface area contributed by atoms with Gasteiger partial charge >= 0.3 is 11.7 Å². The van der Waals surface area contributed by atoms with Crippen LogP contribution < -0.4 is 11.2 Å². The smallest absolute Gasteiger partial charge is 0.330 e. The molecule has 0 radical (unpaired) electrons. The summed E-state index contributed by atoms with van der Waals surface area (Å²) in [5, 5.41) is 0. The molecule has 0 bridgehead atoms. The average molecular weight is 283 g/mol. The number of aromatic nitrogens is 2. The molecule has 0 aliphatic heterocycles. The van der Waals surface area contributed by atoms with Crippen molar-refractivity contribution in [2.75, 3.05) is 20.7 Å². The number of rotatable bonds is 6. The van der Waals surface area contributed by atoms with E-state index in [4.69, 9.17) is 0 Å². The summed E-state index contributed by atoms with van der Waals surface area (Å²) in [7, 11) is 6.33. The van der Waals surface area contributed by atoms with Crippen LogP contribution in [0.4, 0.5) is 0 Å². The second-order valence-corrected chi connectivity index (χ2v) is 4.79. The number of carbonyl (C=O) groups is 1. The Morgan fingerprint density at radius 3 is 2.55 bits per heavy atom. The fourth-order valence-electron chi connectivity index (χ4n) is 1.88. The van der Waals surface area contributed by atoms with E-state index in [0.717, 1.165) is 4.57 Å². The van der Waals surface area contributed by atoms with E-state index in [1.54, 1.807) is 7.05 Å². The molecule has 1 rings (SSSR count). The fourth-order valence-corrected chi connectivity index (χ4v) is 1.88. The number of ether oxygens (including phenoxy) is 1. The third kappa shape index (κ3) is 4.06. The van der Waals surface area contributed by atoms with Crippen LogP contribution in [0.5, 0.6) is 0 Å². The third-order valence-corrected chi connectivity index (χ3v) is 3.21. The largest absolute Gasteiger partial charge is 0.469 e. The zero-order valence-electron chi connectivity index (χ0n) is 12.4. The van der Waals surface area contributed by atoms with Crippen molar-refractivity contribution in [1.82, 2.24) is 14.0 Å². The van der Waals surface area contributed by atoms with Gasteiger partial charge in [-0.25, -0.2) is 4.79 Å². The first-order valence-electron chi connectivity index (χ1n) is 6.38. The van der Waals surface area contributed by atoms with Crippen LogP contribution in [-0.2, 0) is 30.2 Å². The third-order valence-electron chi connectivity index (χ3n) is 3.21. The monoisotopic (exact) mass is 283 g/mol. The van der Waals surface area contributed by atoms with Gasteiger partial charge in [0.15, 0.2) is 0 Å². The Morgan fingerprint density at radius 2 is 1.95 bits per heavy atom. The van der Waals surface area contributed by atoms with Crippen LogP contribution in [-0.4, -0.2) is 40.7 Å². The first-order valence-corrected chi connectivity index (χ1v) is 6.38. The number of methoxy groups -OCH3 is 1. The molecular weight excluding hydrogens is 262 g/mol. The van der Waals surface area contributed by atoms with Gasteiger partial charge in [0.2, 0.25) is 0 Å². The van der Waals surface area contributed by atoms with E-state index in [-0.39, 0.29) is 17.2 Å². The summed E-state index contributed by atoms with van der Waals surface area (Å²) in [6.07, 6.45) is 1.03. The van der Waals surface area contributed by atoms with E-state index in [1.807, 2.05) is 11.9 Å².